The minimum absolute atomic E-state index is 0.644. The molecule has 13 heavy (non-hydrogen) atoms. The highest BCUT2D eigenvalue weighted by molar-refractivity contribution is 5.32. The van der Waals surface area contributed by atoms with Gasteiger partial charge in [-0.15, -0.1) is 0 Å². The first-order valence-electron chi connectivity index (χ1n) is 5.25. The van der Waals surface area contributed by atoms with Crippen LogP contribution in [0.25, 0.3) is 0 Å². The van der Waals surface area contributed by atoms with Gasteiger partial charge in [-0.2, -0.15) is 0 Å². The third kappa shape index (κ3) is 2.33. The Morgan fingerprint density at radius 2 is 1.54 bits per heavy atom. The molecule has 0 aliphatic carbocycles. The lowest BCUT2D eigenvalue weighted by Crippen LogP contribution is -1.99. The first-order valence-corrected chi connectivity index (χ1v) is 5.25. The highest BCUT2D eigenvalue weighted by Gasteiger charge is 2.09. The molecule has 1 atom stereocenters. The van der Waals surface area contributed by atoms with E-state index in [2.05, 4.69) is 52.0 Å². The molecule has 0 aromatic heterocycles. The molecular weight excluding hydrogens is 156 g/mol. The summed E-state index contributed by atoms with van der Waals surface area (Å²) < 4.78 is 0. The minimum Gasteiger partial charge on any atom is -0.0648 e. The number of benzene rings is 1. The van der Waals surface area contributed by atoms with Gasteiger partial charge in [-0.1, -0.05) is 52.0 Å². The largest absolute Gasteiger partial charge is 0.0648 e. The van der Waals surface area contributed by atoms with E-state index in [-0.39, 0.29) is 0 Å². The molecule has 0 bridgehead atoms. The van der Waals surface area contributed by atoms with E-state index < -0.39 is 0 Å². The topological polar surface area (TPSA) is 0 Å². The van der Waals surface area contributed by atoms with Crippen molar-refractivity contribution in [2.45, 2.75) is 46.0 Å². The molecule has 72 valence electrons. The SMILES string of the molecule is CCC(C)c1ccccc1C(C)C. The van der Waals surface area contributed by atoms with E-state index in [1.54, 1.807) is 0 Å². The standard InChI is InChI=1S/C13H20/c1-5-11(4)13-9-7-6-8-12(13)10(2)3/h6-11H,5H2,1-4H3. The van der Waals surface area contributed by atoms with Crippen molar-refractivity contribution in [3.63, 3.8) is 0 Å². The van der Waals surface area contributed by atoms with Gasteiger partial charge in [0.2, 0.25) is 0 Å². The van der Waals surface area contributed by atoms with E-state index >= 15 is 0 Å². The minimum atomic E-state index is 0.644. The van der Waals surface area contributed by atoms with Crippen LogP contribution in [0.2, 0.25) is 0 Å². The zero-order valence-electron chi connectivity index (χ0n) is 9.17. The van der Waals surface area contributed by atoms with Crippen LogP contribution in [-0.2, 0) is 0 Å². The summed E-state index contributed by atoms with van der Waals surface area (Å²) in [6, 6.07) is 8.81. The summed E-state index contributed by atoms with van der Waals surface area (Å²) in [4.78, 5) is 0. The summed E-state index contributed by atoms with van der Waals surface area (Å²) in [7, 11) is 0. The van der Waals surface area contributed by atoms with Crippen molar-refractivity contribution in [3.8, 4) is 0 Å². The highest BCUT2D eigenvalue weighted by Crippen LogP contribution is 2.27. The maximum Gasteiger partial charge on any atom is -0.0190 e. The monoisotopic (exact) mass is 176 g/mol. The molecule has 0 saturated carbocycles. The van der Waals surface area contributed by atoms with Gasteiger partial charge in [-0.25, -0.2) is 0 Å². The van der Waals surface area contributed by atoms with E-state index in [0.29, 0.717) is 11.8 Å². The van der Waals surface area contributed by atoms with Gasteiger partial charge in [-0.3, -0.25) is 0 Å². The van der Waals surface area contributed by atoms with Crippen molar-refractivity contribution in [1.82, 2.24) is 0 Å². The predicted octanol–water partition coefficient (Wildman–Crippen LogP) is 4.32. The van der Waals surface area contributed by atoms with Crippen LogP contribution >= 0.6 is 0 Å². The molecule has 0 radical (unpaired) electrons. The second kappa shape index (κ2) is 4.45. The molecule has 0 heterocycles. The molecule has 0 fully saturated rings. The van der Waals surface area contributed by atoms with Crippen molar-refractivity contribution in [2.75, 3.05) is 0 Å². The summed E-state index contributed by atoms with van der Waals surface area (Å²) >= 11 is 0. The fraction of sp³-hybridized carbons (Fsp3) is 0.538. The second-order valence-corrected chi connectivity index (χ2v) is 4.09. The number of hydrogen-bond acceptors (Lipinski definition) is 0. The van der Waals surface area contributed by atoms with E-state index in [9.17, 15) is 0 Å². The predicted molar refractivity (Wildman–Crippen MR) is 59.2 cm³/mol. The molecule has 0 spiro atoms. The molecule has 1 aromatic carbocycles. The summed E-state index contributed by atoms with van der Waals surface area (Å²) in [5.41, 5.74) is 3.04. The highest BCUT2D eigenvalue weighted by atomic mass is 14.1. The lowest BCUT2D eigenvalue weighted by molar-refractivity contribution is 0.708. The summed E-state index contributed by atoms with van der Waals surface area (Å²) in [5.74, 6) is 1.34. The van der Waals surface area contributed by atoms with E-state index in [0.717, 1.165) is 0 Å². The molecule has 0 N–H and O–H groups in total. The molecule has 0 aliphatic heterocycles. The van der Waals surface area contributed by atoms with E-state index in [4.69, 9.17) is 0 Å². The van der Waals surface area contributed by atoms with Gasteiger partial charge in [0.1, 0.15) is 0 Å². The molecule has 0 aliphatic rings. The van der Waals surface area contributed by atoms with Crippen molar-refractivity contribution in [1.29, 1.82) is 0 Å². The van der Waals surface area contributed by atoms with Crippen LogP contribution in [-0.4, -0.2) is 0 Å². The Balaban J connectivity index is 3.04. The quantitative estimate of drug-likeness (QED) is 0.643. The smallest absolute Gasteiger partial charge is 0.0190 e. The third-order valence-electron chi connectivity index (χ3n) is 2.76. The van der Waals surface area contributed by atoms with Gasteiger partial charge in [-0.05, 0) is 29.4 Å². The Hall–Kier alpha value is -0.780. The zero-order chi connectivity index (χ0) is 9.84. The second-order valence-electron chi connectivity index (χ2n) is 4.09. The summed E-state index contributed by atoms with van der Waals surface area (Å²) in [5, 5.41) is 0. The molecule has 0 heteroatoms. The van der Waals surface area contributed by atoms with Crippen LogP contribution in [0.3, 0.4) is 0 Å². The van der Waals surface area contributed by atoms with Crippen molar-refractivity contribution in [3.05, 3.63) is 35.4 Å². The molecule has 1 unspecified atom stereocenters. The van der Waals surface area contributed by atoms with Crippen LogP contribution in [0.1, 0.15) is 57.1 Å². The van der Waals surface area contributed by atoms with Crippen LogP contribution < -0.4 is 0 Å². The lowest BCUT2D eigenvalue weighted by Gasteiger charge is -2.17. The van der Waals surface area contributed by atoms with Crippen molar-refractivity contribution >= 4 is 0 Å². The van der Waals surface area contributed by atoms with Crippen LogP contribution in [0.4, 0.5) is 0 Å². The average molecular weight is 176 g/mol. The number of rotatable bonds is 3. The summed E-state index contributed by atoms with van der Waals surface area (Å²) in [6.45, 7) is 9.09. The molecule has 1 rings (SSSR count). The lowest BCUT2D eigenvalue weighted by atomic mass is 9.89. The average Bonchev–Trinajstić information content (AvgIpc) is 2.16. The Kier molecular flexibility index (Phi) is 3.53. The van der Waals surface area contributed by atoms with Crippen LogP contribution in [0, 0.1) is 0 Å². The van der Waals surface area contributed by atoms with Gasteiger partial charge in [0.05, 0.1) is 0 Å². The molecule has 0 nitrogen and oxygen atoms in total. The van der Waals surface area contributed by atoms with Crippen molar-refractivity contribution < 1.29 is 0 Å². The normalized spacial score (nSPS) is 13.3. The van der Waals surface area contributed by atoms with Gasteiger partial charge in [0, 0.05) is 0 Å². The molecule has 1 aromatic rings. The zero-order valence-corrected chi connectivity index (χ0v) is 9.17. The Labute approximate surface area is 82.0 Å². The van der Waals surface area contributed by atoms with Crippen LogP contribution in [0.5, 0.6) is 0 Å². The molecule has 0 amide bonds. The summed E-state index contributed by atoms with van der Waals surface area (Å²) in [6.07, 6.45) is 1.23. The maximum absolute atomic E-state index is 2.31. The fourth-order valence-corrected chi connectivity index (χ4v) is 1.71. The number of hydrogen-bond donors (Lipinski definition) is 0. The first kappa shape index (κ1) is 10.3. The third-order valence-corrected chi connectivity index (χ3v) is 2.76. The van der Waals surface area contributed by atoms with Gasteiger partial charge in [0.25, 0.3) is 0 Å². The maximum atomic E-state index is 2.31. The van der Waals surface area contributed by atoms with Gasteiger partial charge in [0.15, 0.2) is 0 Å². The van der Waals surface area contributed by atoms with Crippen molar-refractivity contribution in [2.24, 2.45) is 0 Å². The molecular formula is C13H20. The van der Waals surface area contributed by atoms with E-state index in [1.165, 1.54) is 17.5 Å². The van der Waals surface area contributed by atoms with Gasteiger partial charge < -0.3 is 0 Å². The first-order chi connectivity index (χ1) is 6.16. The Morgan fingerprint density at radius 3 is 2.00 bits per heavy atom. The van der Waals surface area contributed by atoms with E-state index in [1.807, 2.05) is 0 Å². The molecule has 0 saturated heterocycles. The Bertz CT molecular complexity index is 260. The Morgan fingerprint density at radius 1 is 1.00 bits per heavy atom. The fourth-order valence-electron chi connectivity index (χ4n) is 1.71. The van der Waals surface area contributed by atoms with Crippen LogP contribution in [0.15, 0.2) is 24.3 Å². The van der Waals surface area contributed by atoms with Gasteiger partial charge >= 0.3 is 0 Å².